The van der Waals surface area contributed by atoms with Gasteiger partial charge in [0.25, 0.3) is 6.43 Å². The zero-order valence-corrected chi connectivity index (χ0v) is 10.5. The highest BCUT2D eigenvalue weighted by Gasteiger charge is 2.26. The van der Waals surface area contributed by atoms with Crippen LogP contribution in [0.25, 0.3) is 5.70 Å². The summed E-state index contributed by atoms with van der Waals surface area (Å²) in [4.78, 5) is 1.24. The van der Waals surface area contributed by atoms with Gasteiger partial charge in [-0.3, -0.25) is 0 Å². The minimum atomic E-state index is -2.56. The second-order valence-electron chi connectivity index (χ2n) is 4.34. The van der Waals surface area contributed by atoms with Crippen LogP contribution < -0.4 is 0 Å². The SMILES string of the molecule is C=C1C(F)=CC(C)=C(c2ccccc2)N1CC(F)F. The molecule has 0 unspecified atom stereocenters. The zero-order chi connectivity index (χ0) is 14.0. The van der Waals surface area contributed by atoms with Crippen molar-refractivity contribution in [3.05, 3.63) is 65.6 Å². The summed E-state index contributed by atoms with van der Waals surface area (Å²) in [6, 6.07) is 9.08. The van der Waals surface area contributed by atoms with E-state index in [-0.39, 0.29) is 5.70 Å². The third-order valence-electron chi connectivity index (χ3n) is 2.96. The molecule has 4 heteroatoms. The van der Waals surface area contributed by atoms with Crippen LogP contribution in [0.15, 0.2) is 60.1 Å². The standard InChI is InChI=1S/C15H14F3N/c1-10-8-13(16)11(2)19(9-14(17)18)15(10)12-6-4-3-5-7-12/h3-8,14H,2,9H2,1H3. The molecule has 1 aliphatic heterocycles. The molecule has 0 radical (unpaired) electrons. The zero-order valence-electron chi connectivity index (χ0n) is 10.5. The number of rotatable bonds is 3. The van der Waals surface area contributed by atoms with Crippen molar-refractivity contribution in [2.75, 3.05) is 6.54 Å². The van der Waals surface area contributed by atoms with Gasteiger partial charge in [0.1, 0.15) is 5.83 Å². The average molecular weight is 265 g/mol. The molecule has 0 bridgehead atoms. The van der Waals surface area contributed by atoms with Crippen LogP contribution in [0.5, 0.6) is 0 Å². The highest BCUT2D eigenvalue weighted by atomic mass is 19.3. The van der Waals surface area contributed by atoms with E-state index in [0.717, 1.165) is 5.56 Å². The molecule has 1 aliphatic rings. The fourth-order valence-corrected chi connectivity index (χ4v) is 2.14. The topological polar surface area (TPSA) is 3.24 Å². The first-order valence-electron chi connectivity index (χ1n) is 5.89. The minimum Gasteiger partial charge on any atom is -0.333 e. The normalized spacial score (nSPS) is 16.2. The van der Waals surface area contributed by atoms with Crippen LogP contribution in [-0.4, -0.2) is 17.9 Å². The van der Waals surface area contributed by atoms with Gasteiger partial charge in [0, 0.05) is 0 Å². The summed E-state index contributed by atoms with van der Waals surface area (Å²) in [7, 11) is 0. The monoisotopic (exact) mass is 265 g/mol. The van der Waals surface area contributed by atoms with Crippen LogP contribution in [0.4, 0.5) is 13.2 Å². The summed E-state index contributed by atoms with van der Waals surface area (Å²) in [5, 5.41) is 0. The van der Waals surface area contributed by atoms with Crippen molar-refractivity contribution in [1.82, 2.24) is 4.90 Å². The van der Waals surface area contributed by atoms with E-state index in [1.54, 1.807) is 6.92 Å². The molecule has 0 fully saturated rings. The Balaban J connectivity index is 2.51. The van der Waals surface area contributed by atoms with Gasteiger partial charge in [-0.25, -0.2) is 13.2 Å². The maximum absolute atomic E-state index is 13.7. The van der Waals surface area contributed by atoms with Crippen LogP contribution in [-0.2, 0) is 0 Å². The number of nitrogens with zero attached hydrogens (tertiary/aromatic N) is 1. The Kier molecular flexibility index (Phi) is 3.79. The molecule has 0 amide bonds. The lowest BCUT2D eigenvalue weighted by molar-refractivity contribution is 0.122. The van der Waals surface area contributed by atoms with Crippen molar-refractivity contribution < 1.29 is 13.2 Å². The quantitative estimate of drug-likeness (QED) is 0.784. The summed E-state index contributed by atoms with van der Waals surface area (Å²) in [6.45, 7) is 4.69. The molecule has 2 rings (SSSR count). The Bertz CT molecular complexity index is 544. The molecule has 1 nitrogen and oxygen atoms in total. The van der Waals surface area contributed by atoms with Gasteiger partial charge >= 0.3 is 0 Å². The molecule has 0 atom stereocenters. The second kappa shape index (κ2) is 5.34. The number of hydrogen-bond acceptors (Lipinski definition) is 1. The maximum atomic E-state index is 13.7. The molecule has 0 aromatic heterocycles. The lowest BCUT2D eigenvalue weighted by atomic mass is 10.0. The largest absolute Gasteiger partial charge is 0.333 e. The van der Waals surface area contributed by atoms with Gasteiger partial charge < -0.3 is 4.90 Å². The number of allylic oxidation sites excluding steroid dienone is 3. The molecule has 0 saturated heterocycles. The molecule has 1 aromatic carbocycles. The Morgan fingerprint density at radius 3 is 2.42 bits per heavy atom. The van der Waals surface area contributed by atoms with Crippen LogP contribution >= 0.6 is 0 Å². The van der Waals surface area contributed by atoms with Crippen molar-refractivity contribution in [3.63, 3.8) is 0 Å². The molecular formula is C15H14F3N. The summed E-state index contributed by atoms with van der Waals surface area (Å²) in [5.74, 6) is -0.571. The average Bonchev–Trinajstić information content (AvgIpc) is 2.36. The van der Waals surface area contributed by atoms with Crippen LogP contribution in [0.1, 0.15) is 12.5 Å². The van der Waals surface area contributed by atoms with E-state index in [1.807, 2.05) is 30.3 Å². The van der Waals surface area contributed by atoms with E-state index in [0.29, 0.717) is 11.3 Å². The van der Waals surface area contributed by atoms with Gasteiger partial charge in [0.2, 0.25) is 0 Å². The highest BCUT2D eigenvalue weighted by Crippen LogP contribution is 2.35. The Labute approximate surface area is 110 Å². The predicted octanol–water partition coefficient (Wildman–Crippen LogP) is 4.37. The van der Waals surface area contributed by atoms with Crippen molar-refractivity contribution in [1.29, 1.82) is 0 Å². The number of hydrogen-bond donors (Lipinski definition) is 0. The van der Waals surface area contributed by atoms with Gasteiger partial charge in [0.05, 0.1) is 17.9 Å². The van der Waals surface area contributed by atoms with Gasteiger partial charge in [-0.05, 0) is 24.1 Å². The molecular weight excluding hydrogens is 251 g/mol. The summed E-state index contributed by atoms with van der Waals surface area (Å²) >= 11 is 0. The molecule has 0 saturated carbocycles. The van der Waals surface area contributed by atoms with Crippen LogP contribution in [0.3, 0.4) is 0 Å². The van der Waals surface area contributed by atoms with E-state index < -0.39 is 18.8 Å². The van der Waals surface area contributed by atoms with E-state index >= 15 is 0 Å². The first-order chi connectivity index (χ1) is 9.00. The molecule has 1 heterocycles. The first-order valence-corrected chi connectivity index (χ1v) is 5.89. The molecule has 0 aliphatic carbocycles. The minimum absolute atomic E-state index is 0.0234. The molecule has 0 spiro atoms. The van der Waals surface area contributed by atoms with E-state index in [1.165, 1.54) is 11.0 Å². The third-order valence-corrected chi connectivity index (χ3v) is 2.96. The van der Waals surface area contributed by atoms with Gasteiger partial charge in [-0.15, -0.1) is 0 Å². The highest BCUT2D eigenvalue weighted by molar-refractivity contribution is 5.73. The lowest BCUT2D eigenvalue weighted by Crippen LogP contribution is -2.29. The fraction of sp³-hybridized carbons (Fsp3) is 0.200. The molecule has 19 heavy (non-hydrogen) atoms. The summed E-state index contributed by atoms with van der Waals surface area (Å²) in [6.07, 6.45) is -1.23. The Hall–Kier alpha value is -1.97. The maximum Gasteiger partial charge on any atom is 0.256 e. The predicted molar refractivity (Wildman–Crippen MR) is 70.1 cm³/mol. The number of benzene rings is 1. The fourth-order valence-electron chi connectivity index (χ4n) is 2.14. The summed E-state index contributed by atoms with van der Waals surface area (Å²) < 4.78 is 39.0. The van der Waals surface area contributed by atoms with Gasteiger partial charge in [-0.1, -0.05) is 36.9 Å². The molecule has 100 valence electrons. The van der Waals surface area contributed by atoms with Crippen LogP contribution in [0.2, 0.25) is 0 Å². The van der Waals surface area contributed by atoms with Crippen molar-refractivity contribution in [3.8, 4) is 0 Å². The van der Waals surface area contributed by atoms with Gasteiger partial charge in [0.15, 0.2) is 0 Å². The van der Waals surface area contributed by atoms with E-state index in [9.17, 15) is 13.2 Å². The molecule has 1 aromatic rings. The van der Waals surface area contributed by atoms with E-state index in [4.69, 9.17) is 0 Å². The van der Waals surface area contributed by atoms with Crippen molar-refractivity contribution >= 4 is 5.70 Å². The van der Waals surface area contributed by atoms with E-state index in [2.05, 4.69) is 6.58 Å². The lowest BCUT2D eigenvalue weighted by Gasteiger charge is -2.32. The number of alkyl halides is 2. The van der Waals surface area contributed by atoms with Crippen LogP contribution in [0, 0.1) is 0 Å². The Morgan fingerprint density at radius 1 is 1.21 bits per heavy atom. The Morgan fingerprint density at radius 2 is 1.84 bits per heavy atom. The third kappa shape index (κ3) is 2.72. The first kappa shape index (κ1) is 13.5. The van der Waals surface area contributed by atoms with Crippen molar-refractivity contribution in [2.24, 2.45) is 0 Å². The summed E-state index contributed by atoms with van der Waals surface area (Å²) in [5.41, 5.74) is 1.93. The molecule has 0 N–H and O–H groups in total. The smallest absolute Gasteiger partial charge is 0.256 e. The van der Waals surface area contributed by atoms with Gasteiger partial charge in [-0.2, -0.15) is 0 Å². The number of halogens is 3. The van der Waals surface area contributed by atoms with Crippen molar-refractivity contribution in [2.45, 2.75) is 13.3 Å². The second-order valence-corrected chi connectivity index (χ2v) is 4.34.